The maximum absolute atomic E-state index is 6.20. The van der Waals surface area contributed by atoms with E-state index in [1.54, 1.807) is 14.2 Å². The summed E-state index contributed by atoms with van der Waals surface area (Å²) in [6.45, 7) is 1.10. The number of rotatable bonds is 8. The molecule has 0 aliphatic rings. The summed E-state index contributed by atoms with van der Waals surface area (Å²) in [5, 5.41) is 3.78. The van der Waals surface area contributed by atoms with Crippen LogP contribution in [0.3, 0.4) is 0 Å². The van der Waals surface area contributed by atoms with Crippen molar-refractivity contribution in [1.82, 2.24) is 5.32 Å². The number of hydrogen-bond donors (Lipinski definition) is 2. The van der Waals surface area contributed by atoms with Gasteiger partial charge in [0.15, 0.2) is 5.96 Å². The van der Waals surface area contributed by atoms with E-state index in [0.717, 1.165) is 17.7 Å². The van der Waals surface area contributed by atoms with E-state index in [9.17, 15) is 0 Å². The van der Waals surface area contributed by atoms with E-state index < -0.39 is 0 Å². The van der Waals surface area contributed by atoms with Crippen molar-refractivity contribution in [3.8, 4) is 5.75 Å². The molecule has 0 aromatic heterocycles. The first-order valence-corrected chi connectivity index (χ1v) is 8.45. The van der Waals surface area contributed by atoms with Gasteiger partial charge in [-0.25, -0.2) is 0 Å². The van der Waals surface area contributed by atoms with E-state index >= 15 is 0 Å². The standard InChI is InChI=1S/C19H24ClN3O2.HI/c1-24-15-9-7-14(8-10-15)11-12-22-19(21)23-13-18(25-2)16-5-3-4-6-17(16)20;/h3-10,18H,11-13H2,1-2H3,(H3,21,22,23);1H. The summed E-state index contributed by atoms with van der Waals surface area (Å²) in [5.41, 5.74) is 8.04. The lowest BCUT2D eigenvalue weighted by Crippen LogP contribution is -2.33. The minimum Gasteiger partial charge on any atom is -0.497 e. The average Bonchev–Trinajstić information content (AvgIpc) is 2.64. The molecular formula is C19H25ClIN3O2. The highest BCUT2D eigenvalue weighted by Crippen LogP contribution is 2.25. The fraction of sp³-hybridized carbons (Fsp3) is 0.316. The summed E-state index contributed by atoms with van der Waals surface area (Å²) in [6, 6.07) is 15.5. The van der Waals surface area contributed by atoms with Crippen LogP contribution in [0.15, 0.2) is 53.5 Å². The number of nitrogens with zero attached hydrogens (tertiary/aromatic N) is 1. The van der Waals surface area contributed by atoms with Crippen molar-refractivity contribution < 1.29 is 9.47 Å². The van der Waals surface area contributed by atoms with Crippen LogP contribution >= 0.6 is 35.6 Å². The summed E-state index contributed by atoms with van der Waals surface area (Å²) in [7, 11) is 3.29. The van der Waals surface area contributed by atoms with E-state index in [1.807, 2.05) is 48.5 Å². The maximum Gasteiger partial charge on any atom is 0.188 e. The highest BCUT2D eigenvalue weighted by atomic mass is 127. The van der Waals surface area contributed by atoms with Gasteiger partial charge in [0.05, 0.1) is 13.7 Å². The van der Waals surface area contributed by atoms with Gasteiger partial charge in [-0.3, -0.25) is 4.99 Å². The summed E-state index contributed by atoms with van der Waals surface area (Å²) in [5.74, 6) is 1.24. The van der Waals surface area contributed by atoms with Gasteiger partial charge in [-0.2, -0.15) is 0 Å². The molecule has 0 aliphatic heterocycles. The zero-order valence-electron chi connectivity index (χ0n) is 14.9. The highest BCUT2D eigenvalue weighted by Gasteiger charge is 2.13. The third kappa shape index (κ3) is 7.01. The van der Waals surface area contributed by atoms with Crippen molar-refractivity contribution in [2.24, 2.45) is 10.7 Å². The van der Waals surface area contributed by atoms with E-state index in [2.05, 4.69) is 10.3 Å². The summed E-state index contributed by atoms with van der Waals surface area (Å²) >= 11 is 6.20. The van der Waals surface area contributed by atoms with Crippen molar-refractivity contribution in [3.05, 3.63) is 64.7 Å². The van der Waals surface area contributed by atoms with Gasteiger partial charge in [0.25, 0.3) is 0 Å². The molecule has 2 rings (SSSR count). The Morgan fingerprint density at radius 3 is 2.46 bits per heavy atom. The molecule has 5 nitrogen and oxygen atoms in total. The predicted molar refractivity (Wildman–Crippen MR) is 118 cm³/mol. The molecule has 0 fully saturated rings. The number of nitrogens with one attached hydrogen (secondary N) is 1. The van der Waals surface area contributed by atoms with Gasteiger partial charge in [0.2, 0.25) is 0 Å². The molecule has 0 saturated carbocycles. The van der Waals surface area contributed by atoms with Crippen molar-refractivity contribution >= 4 is 41.5 Å². The maximum atomic E-state index is 6.20. The Kier molecular flexibility index (Phi) is 10.4. The van der Waals surface area contributed by atoms with E-state index in [0.29, 0.717) is 24.1 Å². The first-order valence-electron chi connectivity index (χ1n) is 8.08. The molecule has 0 spiro atoms. The van der Waals surface area contributed by atoms with Crippen molar-refractivity contribution in [2.45, 2.75) is 12.5 Å². The molecule has 26 heavy (non-hydrogen) atoms. The number of benzene rings is 2. The van der Waals surface area contributed by atoms with Crippen LogP contribution in [0.1, 0.15) is 17.2 Å². The monoisotopic (exact) mass is 489 g/mol. The van der Waals surface area contributed by atoms with Gasteiger partial charge in [-0.15, -0.1) is 24.0 Å². The van der Waals surface area contributed by atoms with Crippen LogP contribution in [0.5, 0.6) is 5.75 Å². The lowest BCUT2D eigenvalue weighted by Gasteiger charge is -2.15. The normalized spacial score (nSPS) is 12.2. The number of aliphatic imine (C=N–C) groups is 1. The second-order valence-electron chi connectivity index (χ2n) is 5.50. The molecule has 142 valence electrons. The van der Waals surface area contributed by atoms with Crippen molar-refractivity contribution in [3.63, 3.8) is 0 Å². The zero-order chi connectivity index (χ0) is 18.1. The first kappa shape index (κ1) is 22.5. The Morgan fingerprint density at radius 2 is 1.85 bits per heavy atom. The summed E-state index contributed by atoms with van der Waals surface area (Å²) < 4.78 is 10.6. The number of guanidine groups is 1. The molecule has 0 saturated heterocycles. The topological polar surface area (TPSA) is 68.9 Å². The number of hydrogen-bond acceptors (Lipinski definition) is 3. The zero-order valence-corrected chi connectivity index (χ0v) is 18.0. The van der Waals surface area contributed by atoms with Crippen LogP contribution in [0.2, 0.25) is 5.02 Å². The molecule has 1 unspecified atom stereocenters. The van der Waals surface area contributed by atoms with Crippen LogP contribution in [-0.4, -0.2) is 33.3 Å². The third-order valence-corrected chi connectivity index (χ3v) is 4.19. The van der Waals surface area contributed by atoms with Crippen molar-refractivity contribution in [1.29, 1.82) is 0 Å². The van der Waals surface area contributed by atoms with E-state index in [1.165, 1.54) is 5.56 Å². The number of nitrogens with two attached hydrogens (primary N) is 1. The fourth-order valence-electron chi connectivity index (χ4n) is 2.40. The minimum atomic E-state index is -0.226. The summed E-state index contributed by atoms with van der Waals surface area (Å²) in [6.07, 6.45) is 0.619. The Bertz CT molecular complexity index is 695. The Morgan fingerprint density at radius 1 is 1.15 bits per heavy atom. The predicted octanol–water partition coefficient (Wildman–Crippen LogP) is 3.80. The highest BCUT2D eigenvalue weighted by molar-refractivity contribution is 14.0. The molecule has 1 atom stereocenters. The SMILES string of the molecule is COc1ccc(CCNC(N)=NCC(OC)c2ccccc2Cl)cc1.I. The largest absolute Gasteiger partial charge is 0.497 e. The van der Waals surface area contributed by atoms with Gasteiger partial charge < -0.3 is 20.5 Å². The number of methoxy groups -OCH3 is 2. The van der Waals surface area contributed by atoms with E-state index in [-0.39, 0.29) is 30.1 Å². The van der Waals surface area contributed by atoms with Gasteiger partial charge in [-0.05, 0) is 30.2 Å². The molecule has 0 aliphatic carbocycles. The molecular weight excluding hydrogens is 465 g/mol. The minimum absolute atomic E-state index is 0. The first-order chi connectivity index (χ1) is 12.1. The Balaban J connectivity index is 0.00000338. The van der Waals surface area contributed by atoms with Crippen LogP contribution in [0, 0.1) is 0 Å². The van der Waals surface area contributed by atoms with Crippen LogP contribution in [0.4, 0.5) is 0 Å². The molecule has 7 heteroatoms. The lowest BCUT2D eigenvalue weighted by atomic mass is 10.1. The van der Waals surface area contributed by atoms with Crippen molar-refractivity contribution in [2.75, 3.05) is 27.3 Å². The number of halogens is 2. The Hall–Kier alpha value is -1.51. The molecule has 0 bridgehead atoms. The lowest BCUT2D eigenvalue weighted by molar-refractivity contribution is 0.111. The second kappa shape index (κ2) is 12.0. The fourth-order valence-corrected chi connectivity index (χ4v) is 2.66. The van der Waals surface area contributed by atoms with Crippen LogP contribution in [-0.2, 0) is 11.2 Å². The molecule has 0 amide bonds. The molecule has 0 heterocycles. The molecule has 2 aromatic rings. The van der Waals surface area contributed by atoms with E-state index in [4.69, 9.17) is 26.8 Å². The quantitative estimate of drug-likeness (QED) is 0.336. The summed E-state index contributed by atoms with van der Waals surface area (Å²) in [4.78, 5) is 4.35. The van der Waals surface area contributed by atoms with Crippen LogP contribution in [0.25, 0.3) is 0 Å². The Labute approximate surface area is 177 Å². The molecule has 0 radical (unpaired) electrons. The van der Waals surface area contributed by atoms with Crippen LogP contribution < -0.4 is 15.8 Å². The second-order valence-corrected chi connectivity index (χ2v) is 5.90. The van der Waals surface area contributed by atoms with Gasteiger partial charge >= 0.3 is 0 Å². The van der Waals surface area contributed by atoms with Gasteiger partial charge in [0, 0.05) is 24.2 Å². The number of ether oxygens (including phenoxy) is 2. The third-order valence-electron chi connectivity index (χ3n) is 3.84. The smallest absolute Gasteiger partial charge is 0.188 e. The average molecular weight is 490 g/mol. The van der Waals surface area contributed by atoms with Gasteiger partial charge in [0.1, 0.15) is 11.9 Å². The molecule has 2 aromatic carbocycles. The molecule has 3 N–H and O–H groups in total. The van der Waals surface area contributed by atoms with Gasteiger partial charge in [-0.1, -0.05) is 41.9 Å².